The average Bonchev–Trinajstić information content (AvgIpc) is 1.40. The molecule has 23 nitrogen and oxygen atoms in total. The maximum atomic E-state index is 13.5. The van der Waals surface area contributed by atoms with Crippen molar-refractivity contribution in [2.24, 2.45) is 34.5 Å². The molecule has 3 saturated heterocycles. The summed E-state index contributed by atoms with van der Waals surface area (Å²) in [5.41, 5.74) is -2.51. The summed E-state index contributed by atoms with van der Waals surface area (Å²) >= 11 is 0. The number of esters is 7. The Morgan fingerprint density at radius 3 is 1.27 bits per heavy atom. The number of rotatable bonds is 20. The molecule has 0 aromatic rings. The highest BCUT2D eigenvalue weighted by molar-refractivity contribution is 5.88. The SMILES string of the molecule is C=C(C)C(=O)OC12CC3CC(C1)CC(C(=O)OCC1CC(CC(=O)OC(C)(C)C)OC(C)(C)O1)(C3)C2.C=C(C)C(=O)OC12CC3CC(CC(COC(=O)OCC4CC(CC(=O)OC(C)(C)C)OC(C)(C)O4)(C3)C1)C2.C=C(C)C(=O)OCC1OC2(CCCCC2)OC1CC(=O)OC(C)(C)C. The second-order valence-electron chi connectivity index (χ2n) is 34.6. The maximum absolute atomic E-state index is 13.5. The molecule has 0 radical (unpaired) electrons. The third-order valence-corrected chi connectivity index (χ3v) is 19.9. The minimum Gasteiger partial charge on any atom is -0.462 e. The van der Waals surface area contributed by atoms with Crippen LogP contribution in [0, 0.1) is 34.5 Å². The topological polar surface area (TPSA) is 275 Å². The molecule has 0 aromatic heterocycles. The minimum absolute atomic E-state index is 0.00511. The van der Waals surface area contributed by atoms with Crippen LogP contribution in [0.4, 0.5) is 4.79 Å². The van der Waals surface area contributed by atoms with E-state index in [9.17, 15) is 38.4 Å². The van der Waals surface area contributed by atoms with Crippen LogP contribution in [0.15, 0.2) is 36.5 Å². The van der Waals surface area contributed by atoms with Crippen LogP contribution < -0.4 is 0 Å². The lowest BCUT2D eigenvalue weighted by molar-refractivity contribution is -0.305. The molecule has 12 fully saturated rings. The van der Waals surface area contributed by atoms with Gasteiger partial charge in [0.05, 0.1) is 49.1 Å². The number of carbonyl (C=O) groups excluding carboxylic acids is 8. The Morgan fingerprint density at radius 1 is 0.424 bits per heavy atom. The maximum Gasteiger partial charge on any atom is 0.508 e. The molecule has 8 bridgehead atoms. The number of carbonyl (C=O) groups is 8. The van der Waals surface area contributed by atoms with Gasteiger partial charge in [0.1, 0.15) is 66.6 Å². The molecule has 99 heavy (non-hydrogen) atoms. The van der Waals surface area contributed by atoms with Crippen molar-refractivity contribution in [1.82, 2.24) is 0 Å². The van der Waals surface area contributed by atoms with Crippen LogP contribution in [0.1, 0.15) is 252 Å². The molecule has 1 spiro atoms. The van der Waals surface area contributed by atoms with Gasteiger partial charge in [0.15, 0.2) is 17.4 Å². The smallest absolute Gasteiger partial charge is 0.462 e. The molecule has 0 aromatic carbocycles. The molecule has 12 aliphatic rings. The van der Waals surface area contributed by atoms with Crippen molar-refractivity contribution >= 4 is 47.9 Å². The molecular formula is C76H116O23. The lowest BCUT2D eigenvalue weighted by atomic mass is 9.48. The van der Waals surface area contributed by atoms with Crippen molar-refractivity contribution < 1.29 is 109 Å². The van der Waals surface area contributed by atoms with E-state index >= 15 is 0 Å². The van der Waals surface area contributed by atoms with E-state index in [2.05, 4.69) is 19.7 Å². The molecule has 3 aliphatic heterocycles. The predicted molar refractivity (Wildman–Crippen MR) is 359 cm³/mol. The van der Waals surface area contributed by atoms with Gasteiger partial charge in [-0.15, -0.1) is 0 Å². The Kier molecular flexibility index (Phi) is 24.7. The van der Waals surface area contributed by atoms with Crippen molar-refractivity contribution in [2.75, 3.05) is 26.4 Å². The third-order valence-electron chi connectivity index (χ3n) is 19.9. The van der Waals surface area contributed by atoms with Crippen LogP contribution in [0.2, 0.25) is 0 Å². The van der Waals surface area contributed by atoms with E-state index in [1.165, 1.54) is 0 Å². The van der Waals surface area contributed by atoms with Crippen LogP contribution in [0.5, 0.6) is 0 Å². The van der Waals surface area contributed by atoms with Crippen LogP contribution in [-0.4, -0.2) is 156 Å². The fraction of sp³-hybridized carbons (Fsp3) is 0.816. The molecule has 10 unspecified atom stereocenters. The van der Waals surface area contributed by atoms with Gasteiger partial charge in [-0.2, -0.15) is 0 Å². The van der Waals surface area contributed by atoms with E-state index in [-0.39, 0.29) is 86.9 Å². The normalized spacial score (nSPS) is 33.4. The van der Waals surface area contributed by atoms with E-state index in [0.29, 0.717) is 66.1 Å². The molecule has 558 valence electrons. The van der Waals surface area contributed by atoms with Crippen LogP contribution in [-0.2, 0) is 105 Å². The van der Waals surface area contributed by atoms with E-state index in [4.69, 9.17) is 71.1 Å². The Labute approximate surface area is 586 Å². The first-order valence-corrected chi connectivity index (χ1v) is 36.0. The zero-order valence-corrected chi connectivity index (χ0v) is 62.2. The largest absolute Gasteiger partial charge is 0.508 e. The zero-order chi connectivity index (χ0) is 73.1. The lowest BCUT2D eigenvalue weighted by Gasteiger charge is -2.60. The van der Waals surface area contributed by atoms with Gasteiger partial charge in [-0.25, -0.2) is 19.2 Å². The van der Waals surface area contributed by atoms with Crippen LogP contribution >= 0.6 is 0 Å². The van der Waals surface area contributed by atoms with Gasteiger partial charge in [-0.1, -0.05) is 26.2 Å². The third kappa shape index (κ3) is 22.8. The number of hydrogen-bond donors (Lipinski definition) is 0. The molecule has 12 rings (SSSR count). The first-order valence-electron chi connectivity index (χ1n) is 36.0. The van der Waals surface area contributed by atoms with Crippen molar-refractivity contribution in [3.05, 3.63) is 36.5 Å². The predicted octanol–water partition coefficient (Wildman–Crippen LogP) is 13.2. The van der Waals surface area contributed by atoms with Gasteiger partial charge in [-0.3, -0.25) is 19.2 Å². The fourth-order valence-electron chi connectivity index (χ4n) is 17.7. The Balaban J connectivity index is 0.000000193. The highest BCUT2D eigenvalue weighted by Crippen LogP contribution is 2.65. The molecule has 9 aliphatic carbocycles. The van der Waals surface area contributed by atoms with Crippen molar-refractivity contribution in [2.45, 2.75) is 334 Å². The molecule has 0 N–H and O–H groups in total. The summed E-state index contributed by atoms with van der Waals surface area (Å²) in [5, 5.41) is 0. The summed E-state index contributed by atoms with van der Waals surface area (Å²) < 4.78 is 86.5. The molecule has 23 heteroatoms. The molecule has 3 heterocycles. The first kappa shape index (κ1) is 79.2. The standard InChI is InChI=1S/C29H44O9.C28H42O8.C19H30O6/c1-18(2)24(31)38-29-13-19-8-20(14-29)12-28(11-19,16-29)17-34-25(32)33-15-22-9-21(35-27(6,7)36-22)10-23(30)37-26(3,4)5;1-17(2)23(30)36-28-13-18-8-19(14-28)12-27(11-18,16-28)24(31)32-15-21-9-20(33-26(6,7)34-21)10-22(29)35-25(3,4)5;1-13(2)17(21)22-12-15-14(11-16(20)25-18(3,4)5)23-19(24-15)9-7-6-8-10-19/h19-22H,1,8-17H2,2-7H3;18-21H,1,8-16H2,2-7H3;14-15H,1,6-12H2,2-5H3. The summed E-state index contributed by atoms with van der Waals surface area (Å²) in [6, 6.07) is 0. The molecule has 0 amide bonds. The Morgan fingerprint density at radius 2 is 0.828 bits per heavy atom. The summed E-state index contributed by atoms with van der Waals surface area (Å²) in [7, 11) is 0. The van der Waals surface area contributed by atoms with Crippen molar-refractivity contribution in [3.63, 3.8) is 0 Å². The van der Waals surface area contributed by atoms with Crippen molar-refractivity contribution in [3.8, 4) is 0 Å². The molecule has 10 atom stereocenters. The van der Waals surface area contributed by atoms with Gasteiger partial charge in [0, 0.05) is 54.2 Å². The van der Waals surface area contributed by atoms with E-state index in [1.807, 2.05) is 62.3 Å². The van der Waals surface area contributed by atoms with E-state index in [1.54, 1.807) is 48.5 Å². The number of ether oxygens (including phenoxy) is 15. The molecular weight excluding hydrogens is 1280 g/mol. The first-order chi connectivity index (χ1) is 45.7. The summed E-state index contributed by atoms with van der Waals surface area (Å²) in [6.07, 6.45) is 12.8. The zero-order valence-electron chi connectivity index (χ0n) is 62.2. The summed E-state index contributed by atoms with van der Waals surface area (Å²) in [6.45, 7) is 39.8. The van der Waals surface area contributed by atoms with Gasteiger partial charge in [0.25, 0.3) is 0 Å². The quantitative estimate of drug-likeness (QED) is 0.0622. The van der Waals surface area contributed by atoms with Gasteiger partial charge in [0.2, 0.25) is 0 Å². The Hall–Kier alpha value is -5.46. The number of hydrogen-bond acceptors (Lipinski definition) is 23. The van der Waals surface area contributed by atoms with Crippen LogP contribution in [0.3, 0.4) is 0 Å². The highest BCUT2D eigenvalue weighted by atomic mass is 16.8. The van der Waals surface area contributed by atoms with Gasteiger partial charge >= 0.3 is 47.9 Å². The minimum atomic E-state index is -0.933. The highest BCUT2D eigenvalue weighted by Gasteiger charge is 2.64. The second-order valence-corrected chi connectivity index (χ2v) is 34.6. The lowest BCUT2D eigenvalue weighted by Crippen LogP contribution is -2.60. The van der Waals surface area contributed by atoms with Gasteiger partial charge in [-0.05, 0) is 218 Å². The van der Waals surface area contributed by atoms with E-state index in [0.717, 1.165) is 96.3 Å². The Bertz CT molecular complexity index is 2960. The van der Waals surface area contributed by atoms with Gasteiger partial charge < -0.3 is 71.1 Å². The monoisotopic (exact) mass is 1400 g/mol. The van der Waals surface area contributed by atoms with Crippen molar-refractivity contribution in [1.29, 1.82) is 0 Å². The summed E-state index contributed by atoms with van der Waals surface area (Å²) in [4.78, 5) is 99.4. The second kappa shape index (κ2) is 30.9. The average molecular weight is 1400 g/mol. The molecule has 9 saturated carbocycles. The fourth-order valence-corrected chi connectivity index (χ4v) is 17.7. The summed E-state index contributed by atoms with van der Waals surface area (Å²) in [5.74, 6) is -3.31. The van der Waals surface area contributed by atoms with Crippen LogP contribution in [0.25, 0.3) is 0 Å². The van der Waals surface area contributed by atoms with E-state index < -0.39 is 99.5 Å².